The fourth-order valence-electron chi connectivity index (χ4n) is 4.41. The minimum Gasteiger partial charge on any atom is -0.369 e. The first-order valence-corrected chi connectivity index (χ1v) is 9.11. The van der Waals surface area contributed by atoms with Gasteiger partial charge in [0.25, 0.3) is 0 Å². The molecule has 6 heteroatoms. The second kappa shape index (κ2) is 6.17. The summed E-state index contributed by atoms with van der Waals surface area (Å²) in [5.41, 5.74) is 9.95. The molecular formula is C18H28FN5. The Bertz CT molecular complexity index is 630. The lowest BCUT2D eigenvalue weighted by Crippen LogP contribution is -2.47. The Kier molecular flexibility index (Phi) is 4.14. The summed E-state index contributed by atoms with van der Waals surface area (Å²) in [6.07, 6.45) is 4.65. The Balaban J connectivity index is 1.74. The second-order valence-electron chi connectivity index (χ2n) is 7.62. The average Bonchev–Trinajstić information content (AvgIpc) is 3.38. The van der Waals surface area contributed by atoms with Crippen molar-refractivity contribution in [3.05, 3.63) is 23.0 Å². The van der Waals surface area contributed by atoms with Crippen molar-refractivity contribution in [1.82, 2.24) is 5.01 Å². The largest absolute Gasteiger partial charge is 0.369 e. The van der Waals surface area contributed by atoms with E-state index in [4.69, 9.17) is 11.6 Å². The number of hydrogen-bond donors (Lipinski definition) is 2. The molecule has 3 aliphatic rings. The highest BCUT2D eigenvalue weighted by atomic mass is 19.1. The lowest BCUT2D eigenvalue weighted by Gasteiger charge is -2.41. The number of hydrogen-bond acceptors (Lipinski definition) is 5. The molecule has 2 aliphatic heterocycles. The molecule has 2 heterocycles. The van der Waals surface area contributed by atoms with Crippen LogP contribution in [0.5, 0.6) is 0 Å². The molecule has 0 spiro atoms. The van der Waals surface area contributed by atoms with Crippen LogP contribution in [-0.2, 0) is 6.54 Å². The van der Waals surface area contributed by atoms with E-state index in [0.717, 1.165) is 49.4 Å². The van der Waals surface area contributed by atoms with Gasteiger partial charge < -0.3 is 15.5 Å². The molecule has 0 radical (unpaired) electrons. The van der Waals surface area contributed by atoms with Gasteiger partial charge in [-0.1, -0.05) is 0 Å². The third kappa shape index (κ3) is 2.76. The molecule has 1 aromatic rings. The van der Waals surface area contributed by atoms with E-state index in [1.54, 1.807) is 11.1 Å². The van der Waals surface area contributed by atoms with E-state index in [-0.39, 0.29) is 5.82 Å². The fourth-order valence-corrected chi connectivity index (χ4v) is 4.41. The van der Waals surface area contributed by atoms with Crippen LogP contribution in [0.15, 0.2) is 6.07 Å². The molecule has 1 atom stereocenters. The molecule has 1 saturated carbocycles. The second-order valence-corrected chi connectivity index (χ2v) is 7.62. The molecule has 5 nitrogen and oxygen atoms in total. The van der Waals surface area contributed by atoms with Gasteiger partial charge in [0.15, 0.2) is 0 Å². The number of benzene rings is 1. The van der Waals surface area contributed by atoms with Crippen LogP contribution in [0.25, 0.3) is 0 Å². The van der Waals surface area contributed by atoms with Crippen LogP contribution in [0.2, 0.25) is 0 Å². The molecule has 1 aromatic carbocycles. The molecule has 2 fully saturated rings. The summed E-state index contributed by atoms with van der Waals surface area (Å²) in [4.78, 5) is 4.59. The van der Waals surface area contributed by atoms with Gasteiger partial charge in [-0.15, -0.1) is 0 Å². The van der Waals surface area contributed by atoms with E-state index in [2.05, 4.69) is 16.7 Å². The summed E-state index contributed by atoms with van der Waals surface area (Å²) < 4.78 is 15.0. The number of nitrogens with two attached hydrogens (primary N) is 2. The maximum atomic E-state index is 15.0. The number of rotatable bonds is 3. The predicted octanol–water partition coefficient (Wildman–Crippen LogP) is 1.92. The van der Waals surface area contributed by atoms with Crippen molar-refractivity contribution in [3.63, 3.8) is 0 Å². The monoisotopic (exact) mass is 333 g/mol. The first-order valence-electron chi connectivity index (χ1n) is 9.11. The van der Waals surface area contributed by atoms with Crippen LogP contribution < -0.4 is 21.4 Å². The smallest absolute Gasteiger partial charge is 0.147 e. The van der Waals surface area contributed by atoms with E-state index < -0.39 is 0 Å². The third-order valence-electron chi connectivity index (χ3n) is 5.69. The molecule has 1 saturated heterocycles. The van der Waals surface area contributed by atoms with Crippen molar-refractivity contribution in [3.8, 4) is 0 Å². The van der Waals surface area contributed by atoms with Crippen molar-refractivity contribution >= 4 is 11.4 Å². The maximum absolute atomic E-state index is 15.0. The number of halogens is 1. The Morgan fingerprint density at radius 2 is 2.04 bits per heavy atom. The Morgan fingerprint density at radius 3 is 2.75 bits per heavy atom. The van der Waals surface area contributed by atoms with E-state index in [1.807, 2.05) is 0 Å². The molecule has 0 aromatic heterocycles. The number of hydrazine groups is 1. The average molecular weight is 333 g/mol. The van der Waals surface area contributed by atoms with E-state index in [9.17, 15) is 4.39 Å². The number of nitrogens with zero attached hydrogens (tertiary/aromatic N) is 3. The molecular weight excluding hydrogens is 305 g/mol. The third-order valence-corrected chi connectivity index (χ3v) is 5.69. The van der Waals surface area contributed by atoms with E-state index >= 15 is 0 Å². The summed E-state index contributed by atoms with van der Waals surface area (Å²) in [6.45, 7) is 5.87. The van der Waals surface area contributed by atoms with Gasteiger partial charge in [0.1, 0.15) is 5.82 Å². The summed E-state index contributed by atoms with van der Waals surface area (Å²) in [5, 5.41) is 1.78. The minimum absolute atomic E-state index is 0.116. The summed E-state index contributed by atoms with van der Waals surface area (Å²) in [6, 6.07) is 2.27. The topological polar surface area (TPSA) is 61.8 Å². The summed E-state index contributed by atoms with van der Waals surface area (Å²) in [7, 11) is 0. The van der Waals surface area contributed by atoms with Crippen molar-refractivity contribution in [1.29, 1.82) is 0 Å². The summed E-state index contributed by atoms with van der Waals surface area (Å²) in [5.74, 6) is 6.42. The standard InChI is InChI=1S/C18H28FN5/c1-12-17-14(10-23(21)11-24(17)15-4-5-15)7-16(19)18(12)22-6-2-3-13(8-20)9-22/h7,13,15H,2-6,8-11,20-21H2,1H3. The van der Waals surface area contributed by atoms with Crippen LogP contribution >= 0.6 is 0 Å². The number of piperidine rings is 1. The highest BCUT2D eigenvalue weighted by molar-refractivity contribution is 5.73. The van der Waals surface area contributed by atoms with Crippen LogP contribution in [-0.4, -0.2) is 37.4 Å². The zero-order valence-corrected chi connectivity index (χ0v) is 14.5. The molecule has 4 N–H and O–H groups in total. The molecule has 0 bridgehead atoms. The molecule has 0 amide bonds. The zero-order valence-electron chi connectivity index (χ0n) is 14.5. The SMILES string of the molecule is Cc1c(N2CCCC(CN)C2)c(F)cc2c1N(C1CC1)CN(N)C2. The highest BCUT2D eigenvalue weighted by Crippen LogP contribution is 2.43. The van der Waals surface area contributed by atoms with Crippen LogP contribution in [0.3, 0.4) is 0 Å². The predicted molar refractivity (Wildman–Crippen MR) is 95.2 cm³/mol. The van der Waals surface area contributed by atoms with Crippen LogP contribution in [0.4, 0.5) is 15.8 Å². The highest BCUT2D eigenvalue weighted by Gasteiger charge is 2.36. The van der Waals surface area contributed by atoms with Gasteiger partial charge in [0.2, 0.25) is 0 Å². The van der Waals surface area contributed by atoms with Crippen molar-refractivity contribution < 1.29 is 4.39 Å². The number of fused-ring (bicyclic) bond motifs is 1. The molecule has 4 rings (SSSR count). The van der Waals surface area contributed by atoms with Gasteiger partial charge in [0, 0.05) is 31.4 Å². The Labute approximate surface area is 143 Å². The van der Waals surface area contributed by atoms with Gasteiger partial charge in [-0.3, -0.25) is 5.84 Å². The zero-order chi connectivity index (χ0) is 16.8. The molecule has 24 heavy (non-hydrogen) atoms. The van der Waals surface area contributed by atoms with Crippen LogP contribution in [0.1, 0.15) is 36.8 Å². The fraction of sp³-hybridized carbons (Fsp3) is 0.667. The van der Waals surface area contributed by atoms with E-state index in [1.165, 1.54) is 18.5 Å². The van der Waals surface area contributed by atoms with Crippen molar-refractivity contribution in [2.45, 2.75) is 45.2 Å². The van der Waals surface area contributed by atoms with E-state index in [0.29, 0.717) is 25.0 Å². The molecule has 1 unspecified atom stereocenters. The summed E-state index contributed by atoms with van der Waals surface area (Å²) >= 11 is 0. The molecule has 132 valence electrons. The van der Waals surface area contributed by atoms with Crippen molar-refractivity contribution in [2.24, 2.45) is 17.5 Å². The normalized spacial score (nSPS) is 25.1. The Morgan fingerprint density at radius 1 is 1.25 bits per heavy atom. The molecule has 1 aliphatic carbocycles. The first kappa shape index (κ1) is 16.1. The van der Waals surface area contributed by atoms with Gasteiger partial charge in [-0.05, 0) is 62.3 Å². The minimum atomic E-state index is -0.116. The van der Waals surface area contributed by atoms with Crippen molar-refractivity contribution in [2.75, 3.05) is 36.1 Å². The maximum Gasteiger partial charge on any atom is 0.147 e. The van der Waals surface area contributed by atoms with Gasteiger partial charge >= 0.3 is 0 Å². The van der Waals surface area contributed by atoms with Gasteiger partial charge in [-0.25, -0.2) is 9.40 Å². The van der Waals surface area contributed by atoms with Gasteiger partial charge in [-0.2, -0.15) is 0 Å². The number of anilines is 2. The first-order chi connectivity index (χ1) is 11.6. The Hall–Kier alpha value is -1.37. The van der Waals surface area contributed by atoms with Crippen LogP contribution in [0, 0.1) is 18.7 Å². The quantitative estimate of drug-likeness (QED) is 0.828. The lowest BCUT2D eigenvalue weighted by atomic mass is 9.95. The van der Waals surface area contributed by atoms with Gasteiger partial charge in [0.05, 0.1) is 12.4 Å². The lowest BCUT2D eigenvalue weighted by molar-refractivity contribution is 0.258.